The number of aromatic nitrogens is 1. The molecule has 1 N–H and O–H groups in total. The summed E-state index contributed by atoms with van der Waals surface area (Å²) in [6.45, 7) is 0.459. The molecule has 0 aliphatic carbocycles. The Kier molecular flexibility index (Phi) is 6.25. The Labute approximate surface area is 162 Å². The molecule has 0 bridgehead atoms. The molecule has 0 unspecified atom stereocenters. The summed E-state index contributed by atoms with van der Waals surface area (Å²) < 4.78 is 41.9. The lowest BCUT2D eigenvalue weighted by Crippen LogP contribution is -2.33. The number of anilines is 1. The number of hydrogen-bond acceptors (Lipinski definition) is 4. The van der Waals surface area contributed by atoms with Crippen LogP contribution in [0.25, 0.3) is 0 Å². The highest BCUT2D eigenvalue weighted by Gasteiger charge is 2.26. The smallest absolute Gasteiger partial charge is 0.251 e. The van der Waals surface area contributed by atoms with Gasteiger partial charge in [0.15, 0.2) is 0 Å². The molecule has 0 saturated carbocycles. The van der Waals surface area contributed by atoms with E-state index < -0.39 is 33.9 Å². The van der Waals surface area contributed by atoms with Gasteiger partial charge in [-0.1, -0.05) is 25.0 Å². The minimum atomic E-state index is -3.74. The van der Waals surface area contributed by atoms with E-state index in [0.717, 1.165) is 36.3 Å². The van der Waals surface area contributed by atoms with Crippen molar-refractivity contribution in [1.29, 1.82) is 0 Å². The van der Waals surface area contributed by atoms with Crippen molar-refractivity contribution < 1.29 is 17.6 Å². The summed E-state index contributed by atoms with van der Waals surface area (Å²) >= 11 is 0. The van der Waals surface area contributed by atoms with Crippen molar-refractivity contribution in [2.75, 3.05) is 18.4 Å². The van der Waals surface area contributed by atoms with Gasteiger partial charge >= 0.3 is 0 Å². The van der Waals surface area contributed by atoms with Crippen LogP contribution in [0.2, 0.25) is 0 Å². The van der Waals surface area contributed by atoms with Crippen molar-refractivity contribution in [2.45, 2.75) is 37.1 Å². The number of pyridine rings is 1. The van der Waals surface area contributed by atoms with Crippen molar-refractivity contribution in [2.24, 2.45) is 0 Å². The highest BCUT2D eigenvalue weighted by molar-refractivity contribution is 7.89. The van der Waals surface area contributed by atoms with E-state index in [2.05, 4.69) is 5.32 Å². The summed E-state index contributed by atoms with van der Waals surface area (Å²) in [5, 5.41) is 2.38. The van der Waals surface area contributed by atoms with E-state index in [1.807, 2.05) is 0 Å². The van der Waals surface area contributed by atoms with Gasteiger partial charge in [-0.05, 0) is 31.0 Å². The van der Waals surface area contributed by atoms with E-state index in [1.165, 1.54) is 34.8 Å². The van der Waals surface area contributed by atoms with Crippen LogP contribution in [0.15, 0.2) is 52.3 Å². The number of nitrogens with zero attached hydrogens (tertiary/aromatic N) is 2. The van der Waals surface area contributed by atoms with Gasteiger partial charge in [-0.3, -0.25) is 9.59 Å². The van der Waals surface area contributed by atoms with Crippen LogP contribution in [-0.2, 0) is 21.4 Å². The van der Waals surface area contributed by atoms with Gasteiger partial charge in [0, 0.05) is 25.4 Å². The van der Waals surface area contributed by atoms with Crippen LogP contribution in [0.1, 0.15) is 25.7 Å². The number of halogens is 1. The molecule has 1 aromatic carbocycles. The fraction of sp³-hybridized carbons (Fsp3) is 0.368. The highest BCUT2D eigenvalue weighted by atomic mass is 32.2. The normalized spacial score (nSPS) is 15.8. The van der Waals surface area contributed by atoms with Crippen molar-refractivity contribution in [3.05, 3.63) is 58.8 Å². The zero-order valence-electron chi connectivity index (χ0n) is 15.3. The molecule has 2 heterocycles. The van der Waals surface area contributed by atoms with Crippen LogP contribution in [0.4, 0.5) is 10.1 Å². The Balaban J connectivity index is 1.80. The number of para-hydroxylation sites is 1. The van der Waals surface area contributed by atoms with Crippen LogP contribution in [0.5, 0.6) is 0 Å². The topological polar surface area (TPSA) is 88.5 Å². The molecule has 0 radical (unpaired) electrons. The van der Waals surface area contributed by atoms with Gasteiger partial charge in [-0.25, -0.2) is 12.8 Å². The number of hydrogen-bond donors (Lipinski definition) is 1. The first-order valence-electron chi connectivity index (χ1n) is 9.13. The summed E-state index contributed by atoms with van der Waals surface area (Å²) in [4.78, 5) is 24.2. The first-order chi connectivity index (χ1) is 13.4. The van der Waals surface area contributed by atoms with Crippen LogP contribution in [0.3, 0.4) is 0 Å². The highest BCUT2D eigenvalue weighted by Crippen LogP contribution is 2.19. The van der Waals surface area contributed by atoms with E-state index in [0.29, 0.717) is 13.1 Å². The third-order valence-electron chi connectivity index (χ3n) is 4.62. The first kappa shape index (κ1) is 20.2. The Morgan fingerprint density at radius 2 is 1.71 bits per heavy atom. The SMILES string of the molecule is O=C(Cn1cc(S(=O)(=O)N2CCCCCC2)ccc1=O)Nc1ccccc1F. The van der Waals surface area contributed by atoms with Crippen LogP contribution >= 0.6 is 0 Å². The van der Waals surface area contributed by atoms with Crippen molar-refractivity contribution >= 4 is 21.6 Å². The maximum Gasteiger partial charge on any atom is 0.251 e. The molecule has 150 valence electrons. The molecule has 7 nitrogen and oxygen atoms in total. The van der Waals surface area contributed by atoms with Crippen LogP contribution in [0, 0.1) is 5.82 Å². The van der Waals surface area contributed by atoms with Gasteiger partial charge in [0.1, 0.15) is 12.4 Å². The summed E-state index contributed by atoms with van der Waals surface area (Å²) in [6.07, 6.45) is 4.74. The number of carbonyl (C=O) groups excluding carboxylic acids is 1. The molecule has 1 amide bonds. The number of carbonyl (C=O) groups is 1. The molecule has 2 aromatic rings. The quantitative estimate of drug-likeness (QED) is 0.823. The summed E-state index contributed by atoms with van der Waals surface area (Å²) in [7, 11) is -3.74. The Morgan fingerprint density at radius 1 is 1.04 bits per heavy atom. The molecule has 0 atom stereocenters. The minimum absolute atomic E-state index is 0.00566. The zero-order valence-corrected chi connectivity index (χ0v) is 16.1. The van der Waals surface area contributed by atoms with Crippen molar-refractivity contribution in [3.8, 4) is 0 Å². The number of sulfonamides is 1. The molecule has 1 aromatic heterocycles. The second-order valence-electron chi connectivity index (χ2n) is 6.68. The second-order valence-corrected chi connectivity index (χ2v) is 8.62. The lowest BCUT2D eigenvalue weighted by atomic mass is 10.2. The molecule has 1 fully saturated rings. The molecular formula is C19H22FN3O4S. The molecule has 9 heteroatoms. The third kappa shape index (κ3) is 4.66. The number of rotatable bonds is 5. The van der Waals surface area contributed by atoms with Gasteiger partial charge < -0.3 is 9.88 Å². The monoisotopic (exact) mass is 407 g/mol. The van der Waals surface area contributed by atoms with E-state index in [-0.39, 0.29) is 10.6 Å². The Bertz CT molecular complexity index is 1010. The maximum atomic E-state index is 13.7. The Hall–Kier alpha value is -2.52. The van der Waals surface area contributed by atoms with Gasteiger partial charge in [0.25, 0.3) is 5.56 Å². The number of amides is 1. The molecule has 28 heavy (non-hydrogen) atoms. The molecule has 1 saturated heterocycles. The fourth-order valence-corrected chi connectivity index (χ4v) is 4.66. The molecule has 1 aliphatic heterocycles. The molecule has 0 spiro atoms. The van der Waals surface area contributed by atoms with E-state index in [9.17, 15) is 22.4 Å². The molecular weight excluding hydrogens is 385 g/mol. The largest absolute Gasteiger partial charge is 0.322 e. The van der Waals surface area contributed by atoms with Gasteiger partial charge in [0.05, 0.1) is 10.6 Å². The van der Waals surface area contributed by atoms with Crippen LogP contribution in [-0.4, -0.2) is 36.3 Å². The van der Waals surface area contributed by atoms with E-state index >= 15 is 0 Å². The molecule has 1 aliphatic rings. The minimum Gasteiger partial charge on any atom is -0.322 e. The average molecular weight is 407 g/mol. The van der Waals surface area contributed by atoms with E-state index in [1.54, 1.807) is 6.07 Å². The standard InChI is InChI=1S/C19H22FN3O4S/c20-16-7-3-4-8-17(16)21-18(24)14-22-13-15(9-10-19(22)25)28(26,27)23-11-5-1-2-6-12-23/h3-4,7-10,13H,1-2,5-6,11-12,14H2,(H,21,24). The first-order valence-corrected chi connectivity index (χ1v) is 10.6. The number of nitrogens with one attached hydrogen (secondary N) is 1. The van der Waals surface area contributed by atoms with Crippen molar-refractivity contribution in [1.82, 2.24) is 8.87 Å². The number of benzene rings is 1. The van der Waals surface area contributed by atoms with Gasteiger partial charge in [0.2, 0.25) is 15.9 Å². The Morgan fingerprint density at radius 3 is 2.39 bits per heavy atom. The van der Waals surface area contributed by atoms with Gasteiger partial charge in [-0.15, -0.1) is 0 Å². The second kappa shape index (κ2) is 8.66. The van der Waals surface area contributed by atoms with Crippen LogP contribution < -0.4 is 10.9 Å². The zero-order chi connectivity index (χ0) is 20.1. The van der Waals surface area contributed by atoms with E-state index in [4.69, 9.17) is 0 Å². The maximum absolute atomic E-state index is 13.7. The predicted octanol–water partition coefficient (Wildman–Crippen LogP) is 2.19. The van der Waals surface area contributed by atoms with Gasteiger partial charge in [-0.2, -0.15) is 4.31 Å². The van der Waals surface area contributed by atoms with Crippen molar-refractivity contribution in [3.63, 3.8) is 0 Å². The predicted molar refractivity (Wildman–Crippen MR) is 103 cm³/mol. The fourth-order valence-electron chi connectivity index (χ4n) is 3.12. The third-order valence-corrected chi connectivity index (χ3v) is 6.50. The summed E-state index contributed by atoms with van der Waals surface area (Å²) in [5.74, 6) is -1.22. The average Bonchev–Trinajstić information content (AvgIpc) is 2.95. The lowest BCUT2D eigenvalue weighted by Gasteiger charge is -2.20. The summed E-state index contributed by atoms with van der Waals surface area (Å²) in [5.41, 5.74) is -0.521. The summed E-state index contributed by atoms with van der Waals surface area (Å²) in [6, 6.07) is 8.05. The molecule has 3 rings (SSSR count). The lowest BCUT2D eigenvalue weighted by molar-refractivity contribution is -0.116.